The number of oxazole rings is 1. The van der Waals surface area contributed by atoms with Crippen molar-refractivity contribution in [1.29, 1.82) is 0 Å². The predicted molar refractivity (Wildman–Crippen MR) is 169 cm³/mol. The zero-order valence-electron chi connectivity index (χ0n) is 25.2. The number of nitrogens with zero attached hydrogens (tertiary/aromatic N) is 4. The second-order valence-corrected chi connectivity index (χ2v) is 13.1. The molecule has 0 saturated carbocycles. The van der Waals surface area contributed by atoms with Crippen molar-refractivity contribution >= 4 is 50.5 Å². The molecule has 0 spiro atoms. The number of benzene rings is 2. The van der Waals surface area contributed by atoms with Crippen LogP contribution in [0.3, 0.4) is 0 Å². The number of fused-ring (bicyclic) bond motifs is 1. The number of rotatable bonds is 12. The van der Waals surface area contributed by atoms with Crippen LogP contribution in [0.1, 0.15) is 16.1 Å². The number of ether oxygens (including phenoxy) is 1. The quantitative estimate of drug-likeness (QED) is 0.144. The van der Waals surface area contributed by atoms with Gasteiger partial charge >= 0.3 is 18.2 Å². The number of aliphatic hydroxyl groups excluding tert-OH is 1. The molecule has 260 valence electrons. The molecule has 5 aromatic rings. The summed E-state index contributed by atoms with van der Waals surface area (Å²) in [6, 6.07) is 17.6. The highest BCUT2D eigenvalue weighted by Gasteiger charge is 2.38. The number of pyridine rings is 1. The van der Waals surface area contributed by atoms with E-state index in [-0.39, 0.29) is 42.6 Å². The average molecular weight is 723 g/mol. The standard InChI is InChI=1S/C28H28N6O6S2.C2HF3O2/c29-27-32-23-10-9-22(13-26(23)40-27)42(37,38)34(15-20-8-4-5-11-31-20)16-25(35)24(12-19-6-2-1-3-7-19)33-28(36)39-17-21-14-30-18-41-21;3-2(4,5)1(6)7/h1-11,13-14,18,24-25,35H,12,15-17H2,(H2,29,32)(H,33,36);(H,6,7). The monoisotopic (exact) mass is 722 g/mol. The van der Waals surface area contributed by atoms with Crippen molar-refractivity contribution in [3.05, 3.63) is 101 Å². The van der Waals surface area contributed by atoms with E-state index in [1.54, 1.807) is 36.1 Å². The number of nitrogens with two attached hydrogens (primary N) is 1. The lowest BCUT2D eigenvalue weighted by molar-refractivity contribution is -0.192. The second kappa shape index (κ2) is 16.3. The molecule has 49 heavy (non-hydrogen) atoms. The maximum absolute atomic E-state index is 13.9. The molecule has 2 unspecified atom stereocenters. The van der Waals surface area contributed by atoms with Crippen LogP contribution < -0.4 is 11.1 Å². The van der Waals surface area contributed by atoms with Gasteiger partial charge in [0.15, 0.2) is 5.58 Å². The molecule has 0 bridgehead atoms. The first-order valence-electron chi connectivity index (χ1n) is 14.1. The summed E-state index contributed by atoms with van der Waals surface area (Å²) in [5.74, 6) is -2.76. The largest absolute Gasteiger partial charge is 0.490 e. The summed E-state index contributed by atoms with van der Waals surface area (Å²) in [5, 5.41) is 21.3. The van der Waals surface area contributed by atoms with Gasteiger partial charge in [0.25, 0.3) is 6.01 Å². The fourth-order valence-electron chi connectivity index (χ4n) is 4.28. The van der Waals surface area contributed by atoms with Crippen LogP contribution in [0.4, 0.5) is 24.0 Å². The van der Waals surface area contributed by atoms with Gasteiger partial charge in [-0.05, 0) is 36.2 Å². The number of carbonyl (C=O) groups is 2. The van der Waals surface area contributed by atoms with Crippen molar-refractivity contribution in [3.8, 4) is 0 Å². The van der Waals surface area contributed by atoms with E-state index in [1.807, 2.05) is 30.3 Å². The van der Waals surface area contributed by atoms with Gasteiger partial charge in [-0.2, -0.15) is 22.5 Å². The van der Waals surface area contributed by atoms with Crippen LogP contribution in [0.5, 0.6) is 0 Å². The number of aromatic nitrogens is 3. The molecule has 1 amide bonds. The summed E-state index contributed by atoms with van der Waals surface area (Å²) in [4.78, 5) is 34.6. The minimum Gasteiger partial charge on any atom is -0.475 e. The lowest BCUT2D eigenvalue weighted by atomic mass is 10.0. The zero-order valence-corrected chi connectivity index (χ0v) is 26.9. The Morgan fingerprint density at radius 2 is 1.82 bits per heavy atom. The molecule has 3 aromatic heterocycles. The predicted octanol–water partition coefficient (Wildman–Crippen LogP) is 3.98. The maximum Gasteiger partial charge on any atom is 0.490 e. The van der Waals surface area contributed by atoms with E-state index in [4.69, 9.17) is 24.8 Å². The van der Waals surface area contributed by atoms with Gasteiger partial charge in [0.1, 0.15) is 12.1 Å². The number of aliphatic hydroxyl groups is 1. The van der Waals surface area contributed by atoms with Gasteiger partial charge in [0, 0.05) is 25.0 Å². The summed E-state index contributed by atoms with van der Waals surface area (Å²) in [6.07, 6.45) is -3.80. The van der Waals surface area contributed by atoms with Gasteiger partial charge in [-0.15, -0.1) is 11.3 Å². The average Bonchev–Trinajstić information content (AvgIpc) is 3.72. The van der Waals surface area contributed by atoms with Crippen LogP contribution >= 0.6 is 11.3 Å². The third-order valence-electron chi connectivity index (χ3n) is 6.61. The number of thiazole rings is 1. The van der Waals surface area contributed by atoms with Crippen molar-refractivity contribution < 1.29 is 50.5 Å². The van der Waals surface area contributed by atoms with Crippen molar-refractivity contribution in [1.82, 2.24) is 24.6 Å². The molecule has 0 fully saturated rings. The first kappa shape index (κ1) is 36.7. The number of carboxylic acid groups (broad SMARTS) is 1. The summed E-state index contributed by atoms with van der Waals surface area (Å²) < 4.78 is 71.4. The number of halogens is 3. The Kier molecular flexibility index (Phi) is 12.2. The molecule has 2 atom stereocenters. The number of alkyl halides is 3. The van der Waals surface area contributed by atoms with Gasteiger partial charge in [-0.1, -0.05) is 36.4 Å². The Morgan fingerprint density at radius 3 is 2.45 bits per heavy atom. The molecule has 0 aliphatic heterocycles. The summed E-state index contributed by atoms with van der Waals surface area (Å²) in [6.45, 7) is -0.480. The van der Waals surface area contributed by atoms with Gasteiger partial charge < -0.3 is 30.4 Å². The van der Waals surface area contributed by atoms with E-state index < -0.39 is 40.4 Å². The fraction of sp³-hybridized carbons (Fsp3) is 0.233. The van der Waals surface area contributed by atoms with E-state index in [9.17, 15) is 31.5 Å². The van der Waals surface area contributed by atoms with Gasteiger partial charge in [-0.3, -0.25) is 9.97 Å². The summed E-state index contributed by atoms with van der Waals surface area (Å²) in [7, 11) is -4.20. The molecule has 14 nitrogen and oxygen atoms in total. The number of nitrogens with one attached hydrogen (secondary N) is 1. The maximum atomic E-state index is 13.9. The number of alkyl carbamates (subject to hydrolysis) is 1. The van der Waals surface area contributed by atoms with Crippen LogP contribution in [0.25, 0.3) is 11.1 Å². The number of nitrogen functional groups attached to an aromatic ring is 1. The molecular formula is C30H29F3N6O8S2. The van der Waals surface area contributed by atoms with Crippen LogP contribution in [0.2, 0.25) is 0 Å². The number of hydrogen-bond acceptors (Lipinski definition) is 12. The third-order valence-corrected chi connectivity index (χ3v) is 9.17. The SMILES string of the molecule is Nc1nc2ccc(S(=O)(=O)N(Cc3ccccn3)CC(O)C(Cc3ccccc3)NC(=O)OCc3cncs3)cc2o1.O=C(O)C(F)(F)F. The molecule has 0 saturated heterocycles. The van der Waals surface area contributed by atoms with E-state index in [0.717, 1.165) is 14.7 Å². The Labute approximate surface area is 281 Å². The molecular weight excluding hydrogens is 693 g/mol. The van der Waals surface area contributed by atoms with Crippen molar-refractivity contribution in [2.45, 2.75) is 42.8 Å². The van der Waals surface area contributed by atoms with Crippen LogP contribution in [-0.4, -0.2) is 74.8 Å². The van der Waals surface area contributed by atoms with Crippen LogP contribution in [0, 0.1) is 0 Å². The molecule has 2 aromatic carbocycles. The van der Waals surface area contributed by atoms with Crippen LogP contribution in [0.15, 0.2) is 93.9 Å². The van der Waals surface area contributed by atoms with Crippen molar-refractivity contribution in [2.75, 3.05) is 12.3 Å². The van der Waals surface area contributed by atoms with Gasteiger partial charge in [-0.25, -0.2) is 18.0 Å². The first-order valence-corrected chi connectivity index (χ1v) is 16.4. The minimum atomic E-state index is -5.08. The van der Waals surface area contributed by atoms with Gasteiger partial charge in [0.2, 0.25) is 10.0 Å². The molecule has 0 aliphatic rings. The summed E-state index contributed by atoms with van der Waals surface area (Å²) >= 11 is 1.34. The van der Waals surface area contributed by atoms with Crippen LogP contribution in [-0.2, 0) is 39.1 Å². The van der Waals surface area contributed by atoms with Crippen molar-refractivity contribution in [3.63, 3.8) is 0 Å². The highest BCUT2D eigenvalue weighted by molar-refractivity contribution is 7.89. The Hall–Kier alpha value is -5.11. The molecule has 19 heteroatoms. The Balaban J connectivity index is 0.000000698. The Morgan fingerprint density at radius 1 is 1.10 bits per heavy atom. The molecule has 5 N–H and O–H groups in total. The highest BCUT2D eigenvalue weighted by atomic mass is 32.2. The molecule has 0 radical (unpaired) electrons. The number of amides is 1. The van der Waals surface area contributed by atoms with Crippen molar-refractivity contribution in [2.24, 2.45) is 0 Å². The van der Waals surface area contributed by atoms with E-state index >= 15 is 0 Å². The topological polar surface area (TPSA) is 211 Å². The third kappa shape index (κ3) is 10.7. The Bertz CT molecular complexity index is 1930. The molecule has 3 heterocycles. The molecule has 0 aliphatic carbocycles. The van der Waals surface area contributed by atoms with E-state index in [0.29, 0.717) is 11.2 Å². The fourth-order valence-corrected chi connectivity index (χ4v) is 6.23. The number of hydrogen-bond donors (Lipinski definition) is 4. The number of carboxylic acids is 1. The number of carbonyl (C=O) groups excluding carboxylic acids is 1. The van der Waals surface area contributed by atoms with Gasteiger partial charge in [0.05, 0.1) is 39.7 Å². The second-order valence-electron chi connectivity index (χ2n) is 10.2. The number of anilines is 1. The molecule has 5 rings (SSSR count). The minimum absolute atomic E-state index is 0.0134. The smallest absolute Gasteiger partial charge is 0.475 e. The highest BCUT2D eigenvalue weighted by Crippen LogP contribution is 2.25. The number of sulfonamides is 1. The van der Waals surface area contributed by atoms with E-state index in [1.165, 1.54) is 29.5 Å². The first-order chi connectivity index (χ1) is 23.2. The van der Waals surface area contributed by atoms with E-state index in [2.05, 4.69) is 20.3 Å². The number of aliphatic carboxylic acids is 1. The normalized spacial score (nSPS) is 12.9. The summed E-state index contributed by atoms with van der Waals surface area (Å²) in [5.41, 5.74) is 9.18. The lowest BCUT2D eigenvalue weighted by Gasteiger charge is -2.29. The lowest BCUT2D eigenvalue weighted by Crippen LogP contribution is -2.50. The zero-order chi connectivity index (χ0) is 35.6.